The van der Waals surface area contributed by atoms with Crippen molar-refractivity contribution in [3.8, 4) is 5.69 Å². The molecule has 2 heterocycles. The van der Waals surface area contributed by atoms with E-state index in [2.05, 4.69) is 26.0 Å². The number of nitrogens with zero attached hydrogens (tertiary/aromatic N) is 4. The van der Waals surface area contributed by atoms with Gasteiger partial charge in [0.15, 0.2) is 5.69 Å². The van der Waals surface area contributed by atoms with Crippen molar-refractivity contribution in [3.63, 3.8) is 0 Å². The van der Waals surface area contributed by atoms with Crippen LogP contribution in [-0.2, 0) is 19.4 Å². The van der Waals surface area contributed by atoms with Gasteiger partial charge in [0.05, 0.1) is 23.0 Å². The summed E-state index contributed by atoms with van der Waals surface area (Å²) in [6, 6.07) is 18.1. The number of carbonyl (C=O) groups excluding carboxylic acids is 1. The molecule has 5 rings (SSSR count). The highest BCUT2D eigenvalue weighted by Crippen LogP contribution is 2.27. The second-order valence-corrected chi connectivity index (χ2v) is 7.41. The maximum atomic E-state index is 12.8. The Labute approximate surface area is 169 Å². The van der Waals surface area contributed by atoms with Crippen molar-refractivity contribution in [2.24, 2.45) is 0 Å². The highest BCUT2D eigenvalue weighted by atomic mass is 16.1. The third kappa shape index (κ3) is 3.31. The number of fused-ring (bicyclic) bond motifs is 2. The Kier molecular flexibility index (Phi) is 4.60. The molecule has 1 amide bonds. The van der Waals surface area contributed by atoms with Crippen LogP contribution in [0.25, 0.3) is 16.7 Å². The summed E-state index contributed by atoms with van der Waals surface area (Å²) < 4.78 is 4.07. The van der Waals surface area contributed by atoms with E-state index in [1.807, 2.05) is 59.5 Å². The van der Waals surface area contributed by atoms with Gasteiger partial charge < -0.3 is 9.88 Å². The van der Waals surface area contributed by atoms with E-state index < -0.39 is 0 Å². The summed E-state index contributed by atoms with van der Waals surface area (Å²) >= 11 is 0. The molecule has 0 spiro atoms. The fraction of sp³-hybridized carbons (Fsp3) is 0.261. The van der Waals surface area contributed by atoms with Crippen LogP contribution in [0.5, 0.6) is 0 Å². The first-order chi connectivity index (χ1) is 14.3. The second kappa shape index (κ2) is 7.54. The molecular weight excluding hydrogens is 362 g/mol. The summed E-state index contributed by atoms with van der Waals surface area (Å²) in [7, 11) is 0. The molecule has 0 bridgehead atoms. The molecule has 1 aliphatic rings. The maximum absolute atomic E-state index is 12.8. The summed E-state index contributed by atoms with van der Waals surface area (Å²) in [5.41, 5.74) is 5.99. The van der Waals surface area contributed by atoms with Gasteiger partial charge in [0.2, 0.25) is 0 Å². The molecule has 0 radical (unpaired) electrons. The van der Waals surface area contributed by atoms with Crippen LogP contribution in [0, 0.1) is 0 Å². The topological polar surface area (TPSA) is 64.7 Å². The molecule has 0 aliphatic heterocycles. The summed E-state index contributed by atoms with van der Waals surface area (Å²) in [4.78, 5) is 17.2. The summed E-state index contributed by atoms with van der Waals surface area (Å²) in [5, 5.41) is 7.72. The van der Waals surface area contributed by atoms with Crippen molar-refractivity contribution >= 4 is 16.9 Å². The zero-order valence-corrected chi connectivity index (χ0v) is 16.2. The minimum absolute atomic E-state index is 0.0756. The van der Waals surface area contributed by atoms with Gasteiger partial charge in [0, 0.05) is 24.3 Å². The zero-order valence-electron chi connectivity index (χ0n) is 16.2. The van der Waals surface area contributed by atoms with Gasteiger partial charge in [0.1, 0.15) is 0 Å². The summed E-state index contributed by atoms with van der Waals surface area (Å²) in [6.07, 6.45) is 5.67. The normalized spacial score (nSPS) is 13.0. The largest absolute Gasteiger partial charge is 0.351 e. The molecule has 2 aromatic carbocycles. The Balaban J connectivity index is 1.26. The van der Waals surface area contributed by atoms with Crippen LogP contribution in [0.1, 0.15) is 34.6 Å². The Morgan fingerprint density at radius 3 is 2.76 bits per heavy atom. The molecule has 2 aromatic heterocycles. The van der Waals surface area contributed by atoms with E-state index in [0.717, 1.165) is 54.5 Å². The van der Waals surface area contributed by atoms with Crippen LogP contribution >= 0.6 is 0 Å². The fourth-order valence-electron chi connectivity index (χ4n) is 4.13. The number of nitrogens with one attached hydrogen (secondary N) is 1. The maximum Gasteiger partial charge on any atom is 0.272 e. The quantitative estimate of drug-likeness (QED) is 0.517. The van der Waals surface area contributed by atoms with Gasteiger partial charge in [-0.25, -0.2) is 9.67 Å². The zero-order chi connectivity index (χ0) is 19.6. The predicted octanol–water partition coefficient (Wildman–Crippen LogP) is 3.53. The molecule has 1 N–H and O–H groups in total. The van der Waals surface area contributed by atoms with Crippen LogP contribution in [0.3, 0.4) is 0 Å². The third-order valence-corrected chi connectivity index (χ3v) is 5.53. The highest BCUT2D eigenvalue weighted by molar-refractivity contribution is 5.94. The van der Waals surface area contributed by atoms with Crippen molar-refractivity contribution < 1.29 is 4.79 Å². The van der Waals surface area contributed by atoms with Gasteiger partial charge in [0.25, 0.3) is 5.91 Å². The molecule has 1 aliphatic carbocycles. The Morgan fingerprint density at radius 1 is 1.03 bits per heavy atom. The van der Waals surface area contributed by atoms with E-state index in [1.165, 1.54) is 5.69 Å². The van der Waals surface area contributed by atoms with Gasteiger partial charge in [-0.1, -0.05) is 30.3 Å². The smallest absolute Gasteiger partial charge is 0.272 e. The highest BCUT2D eigenvalue weighted by Gasteiger charge is 2.26. The molecule has 0 saturated carbocycles. The minimum Gasteiger partial charge on any atom is -0.351 e. The minimum atomic E-state index is -0.0756. The Hall–Kier alpha value is -3.41. The average Bonchev–Trinajstić information content (AvgIpc) is 3.47. The summed E-state index contributed by atoms with van der Waals surface area (Å²) in [6.45, 7) is 1.43. The lowest BCUT2D eigenvalue weighted by molar-refractivity contribution is 0.0946. The molecule has 0 fully saturated rings. The van der Waals surface area contributed by atoms with Crippen molar-refractivity contribution in [2.45, 2.75) is 32.2 Å². The van der Waals surface area contributed by atoms with E-state index in [0.29, 0.717) is 12.2 Å². The number of carbonyl (C=O) groups is 1. The Morgan fingerprint density at radius 2 is 1.86 bits per heavy atom. The van der Waals surface area contributed by atoms with Crippen molar-refractivity contribution in [2.75, 3.05) is 6.54 Å². The van der Waals surface area contributed by atoms with E-state index >= 15 is 0 Å². The fourth-order valence-corrected chi connectivity index (χ4v) is 4.13. The van der Waals surface area contributed by atoms with Crippen LogP contribution < -0.4 is 5.32 Å². The molecule has 6 heteroatoms. The second-order valence-electron chi connectivity index (χ2n) is 7.41. The SMILES string of the molecule is O=C(NCCCn1cnc2ccccc21)c1nn(-c2ccccc2)c2c1CCC2. The van der Waals surface area contributed by atoms with Crippen LogP contribution in [-0.4, -0.2) is 31.8 Å². The van der Waals surface area contributed by atoms with Crippen molar-refractivity contribution in [1.29, 1.82) is 0 Å². The first kappa shape index (κ1) is 17.7. The van der Waals surface area contributed by atoms with Gasteiger partial charge >= 0.3 is 0 Å². The van der Waals surface area contributed by atoms with E-state index in [4.69, 9.17) is 0 Å². The van der Waals surface area contributed by atoms with Crippen LogP contribution in [0.2, 0.25) is 0 Å². The molecule has 6 nitrogen and oxygen atoms in total. The average molecular weight is 385 g/mol. The van der Waals surface area contributed by atoms with Crippen molar-refractivity contribution in [1.82, 2.24) is 24.6 Å². The van der Waals surface area contributed by atoms with Gasteiger partial charge in [-0.3, -0.25) is 4.79 Å². The number of para-hydroxylation sites is 3. The number of amides is 1. The third-order valence-electron chi connectivity index (χ3n) is 5.53. The number of rotatable bonds is 6. The first-order valence-electron chi connectivity index (χ1n) is 10.2. The molecule has 146 valence electrons. The predicted molar refractivity (Wildman–Crippen MR) is 112 cm³/mol. The Bertz CT molecular complexity index is 1160. The van der Waals surface area contributed by atoms with E-state index in [-0.39, 0.29) is 5.91 Å². The van der Waals surface area contributed by atoms with Gasteiger partial charge in [-0.2, -0.15) is 5.10 Å². The lowest BCUT2D eigenvalue weighted by Gasteiger charge is -2.06. The molecular formula is C23H23N5O. The molecule has 4 aromatic rings. The van der Waals surface area contributed by atoms with Crippen LogP contribution in [0.15, 0.2) is 60.9 Å². The monoisotopic (exact) mass is 385 g/mol. The summed E-state index contributed by atoms with van der Waals surface area (Å²) in [5.74, 6) is -0.0756. The standard InChI is InChI=1S/C23H23N5O/c29-23(24-14-7-15-27-16-25-19-11-4-5-12-21(19)27)22-18-10-6-13-20(18)28(26-22)17-8-2-1-3-9-17/h1-5,8-9,11-12,16H,6-7,10,13-15H2,(H,24,29). The number of aromatic nitrogens is 4. The number of imidazole rings is 1. The number of hydrogen-bond acceptors (Lipinski definition) is 3. The lowest BCUT2D eigenvalue weighted by atomic mass is 10.2. The number of hydrogen-bond donors (Lipinski definition) is 1. The number of aryl methyl sites for hydroxylation is 1. The molecule has 0 atom stereocenters. The van der Waals surface area contributed by atoms with Gasteiger partial charge in [-0.15, -0.1) is 0 Å². The number of benzene rings is 2. The molecule has 0 saturated heterocycles. The molecule has 0 unspecified atom stereocenters. The molecule has 29 heavy (non-hydrogen) atoms. The van der Waals surface area contributed by atoms with E-state index in [1.54, 1.807) is 0 Å². The van der Waals surface area contributed by atoms with Crippen molar-refractivity contribution in [3.05, 3.63) is 77.9 Å². The van der Waals surface area contributed by atoms with Crippen LogP contribution in [0.4, 0.5) is 0 Å². The van der Waals surface area contributed by atoms with E-state index in [9.17, 15) is 4.79 Å². The van der Waals surface area contributed by atoms with Gasteiger partial charge in [-0.05, 0) is 49.9 Å². The first-order valence-corrected chi connectivity index (χ1v) is 10.2. The lowest BCUT2D eigenvalue weighted by Crippen LogP contribution is -2.26.